The lowest BCUT2D eigenvalue weighted by Gasteiger charge is -2.21. The summed E-state index contributed by atoms with van der Waals surface area (Å²) in [6, 6.07) is 9.14. The fraction of sp³-hybridized carbons (Fsp3) is 0.381. The van der Waals surface area contributed by atoms with E-state index in [1.54, 1.807) is 12.1 Å². The first kappa shape index (κ1) is 21.0. The number of hydrogen-bond donors (Lipinski definition) is 1. The van der Waals surface area contributed by atoms with Gasteiger partial charge in [-0.05, 0) is 25.0 Å². The molecule has 1 N–H and O–H groups in total. The first-order chi connectivity index (χ1) is 13.9. The van der Waals surface area contributed by atoms with Crippen molar-refractivity contribution in [3.63, 3.8) is 0 Å². The number of nitrogens with zero attached hydrogens (tertiary/aromatic N) is 2. The molecule has 29 heavy (non-hydrogen) atoms. The number of amides is 1. The predicted molar refractivity (Wildman–Crippen MR) is 111 cm³/mol. The van der Waals surface area contributed by atoms with Crippen molar-refractivity contribution < 1.29 is 17.9 Å². The number of aromatic nitrogens is 2. The molecule has 154 valence electrons. The van der Waals surface area contributed by atoms with Crippen LogP contribution in [0.5, 0.6) is 11.6 Å². The monoisotopic (exact) mass is 415 g/mol. The van der Waals surface area contributed by atoms with Gasteiger partial charge in [-0.3, -0.25) is 4.79 Å². The van der Waals surface area contributed by atoms with Crippen molar-refractivity contribution >= 4 is 15.7 Å². The first-order valence-corrected chi connectivity index (χ1v) is 11.6. The van der Waals surface area contributed by atoms with Crippen LogP contribution < -0.4 is 10.1 Å². The van der Waals surface area contributed by atoms with E-state index in [-0.39, 0.29) is 23.9 Å². The van der Waals surface area contributed by atoms with Crippen molar-refractivity contribution in [2.45, 2.75) is 38.0 Å². The highest BCUT2D eigenvalue weighted by atomic mass is 32.2. The van der Waals surface area contributed by atoms with Crippen molar-refractivity contribution in [1.29, 1.82) is 0 Å². The average Bonchev–Trinajstić information content (AvgIpc) is 2.72. The van der Waals surface area contributed by atoms with Gasteiger partial charge in [-0.2, -0.15) is 4.98 Å². The van der Waals surface area contributed by atoms with E-state index in [1.807, 2.05) is 18.2 Å². The van der Waals surface area contributed by atoms with Crippen LogP contribution >= 0.6 is 0 Å². The van der Waals surface area contributed by atoms with E-state index < -0.39 is 15.7 Å². The molecule has 0 bridgehead atoms. The Hall–Kier alpha value is -2.74. The van der Waals surface area contributed by atoms with Crippen LogP contribution in [0.3, 0.4) is 0 Å². The largest absolute Gasteiger partial charge is 0.438 e. The summed E-state index contributed by atoms with van der Waals surface area (Å²) in [6.45, 7) is 0.0705. The fourth-order valence-corrected chi connectivity index (χ4v) is 3.69. The van der Waals surface area contributed by atoms with Gasteiger partial charge in [-0.1, -0.05) is 43.5 Å². The molecular weight excluding hydrogens is 390 g/mol. The SMILES string of the molecule is CS(=O)(=O)C=CCNC(=O)c1cnc(C2CCCCC2)nc1Oc1ccccc1. The minimum absolute atomic E-state index is 0.0705. The molecule has 7 nitrogen and oxygen atoms in total. The fourth-order valence-electron chi connectivity index (χ4n) is 3.24. The van der Waals surface area contributed by atoms with E-state index in [0.29, 0.717) is 11.6 Å². The normalized spacial score (nSPS) is 15.3. The number of sulfone groups is 1. The van der Waals surface area contributed by atoms with Crippen LogP contribution in [0, 0.1) is 0 Å². The minimum atomic E-state index is -3.23. The highest BCUT2D eigenvalue weighted by Crippen LogP contribution is 2.32. The molecule has 1 aliphatic carbocycles. The Morgan fingerprint density at radius 3 is 2.62 bits per heavy atom. The number of para-hydroxylation sites is 1. The molecule has 8 heteroatoms. The van der Waals surface area contributed by atoms with Crippen molar-refractivity contribution in [3.05, 3.63) is 59.4 Å². The number of carbonyl (C=O) groups is 1. The van der Waals surface area contributed by atoms with Gasteiger partial charge >= 0.3 is 0 Å². The summed E-state index contributed by atoms with van der Waals surface area (Å²) in [5.74, 6) is 1.33. The van der Waals surface area contributed by atoms with Gasteiger partial charge in [0.2, 0.25) is 5.88 Å². The zero-order chi connectivity index (χ0) is 20.7. The van der Waals surface area contributed by atoms with E-state index in [0.717, 1.165) is 37.3 Å². The van der Waals surface area contributed by atoms with Crippen LogP contribution in [-0.4, -0.2) is 37.1 Å². The molecule has 0 atom stereocenters. The maximum atomic E-state index is 12.6. The van der Waals surface area contributed by atoms with Crippen LogP contribution in [0.15, 0.2) is 48.0 Å². The molecule has 1 aliphatic rings. The number of hydrogen-bond acceptors (Lipinski definition) is 6. The van der Waals surface area contributed by atoms with Gasteiger partial charge < -0.3 is 10.1 Å². The lowest BCUT2D eigenvalue weighted by Crippen LogP contribution is -2.25. The van der Waals surface area contributed by atoms with Crippen molar-refractivity contribution in [1.82, 2.24) is 15.3 Å². The van der Waals surface area contributed by atoms with Gasteiger partial charge in [-0.15, -0.1) is 0 Å². The summed E-state index contributed by atoms with van der Waals surface area (Å²) in [7, 11) is -3.23. The smallest absolute Gasteiger partial charge is 0.258 e. The highest BCUT2D eigenvalue weighted by Gasteiger charge is 2.22. The summed E-state index contributed by atoms with van der Waals surface area (Å²) in [5.41, 5.74) is 0.209. The molecule has 3 rings (SSSR count). The molecule has 1 heterocycles. The number of rotatable bonds is 7. The van der Waals surface area contributed by atoms with Crippen molar-refractivity contribution in [3.8, 4) is 11.6 Å². The minimum Gasteiger partial charge on any atom is -0.438 e. The van der Waals surface area contributed by atoms with E-state index in [4.69, 9.17) is 4.74 Å². The number of benzene rings is 1. The third kappa shape index (κ3) is 6.39. The molecular formula is C21H25N3O4S. The summed E-state index contributed by atoms with van der Waals surface area (Å²) in [5, 5.41) is 3.70. The lowest BCUT2D eigenvalue weighted by atomic mass is 9.88. The Labute approximate surface area is 171 Å². The van der Waals surface area contributed by atoms with Gasteiger partial charge in [0.25, 0.3) is 5.91 Å². The van der Waals surface area contributed by atoms with E-state index in [1.165, 1.54) is 18.7 Å². The standard InChI is InChI=1S/C21H25N3O4S/c1-29(26,27)14-8-13-22-20(25)18-15-23-19(16-9-4-2-5-10-16)24-21(18)28-17-11-6-3-7-12-17/h3,6-8,11-12,14-16H,2,4-5,9-10,13H2,1H3,(H,22,25). The molecule has 1 aromatic carbocycles. The summed E-state index contributed by atoms with van der Waals surface area (Å²) < 4.78 is 28.2. The Morgan fingerprint density at radius 1 is 1.21 bits per heavy atom. The zero-order valence-corrected chi connectivity index (χ0v) is 17.2. The van der Waals surface area contributed by atoms with Crippen LogP contribution in [0.4, 0.5) is 0 Å². The van der Waals surface area contributed by atoms with E-state index in [9.17, 15) is 13.2 Å². The third-order valence-electron chi connectivity index (χ3n) is 4.67. The van der Waals surface area contributed by atoms with Crippen molar-refractivity contribution in [2.24, 2.45) is 0 Å². The maximum Gasteiger partial charge on any atom is 0.258 e. The van der Waals surface area contributed by atoms with Gasteiger partial charge in [0.1, 0.15) is 17.1 Å². The maximum absolute atomic E-state index is 12.6. The first-order valence-electron chi connectivity index (χ1n) is 9.67. The zero-order valence-electron chi connectivity index (χ0n) is 16.4. The summed E-state index contributed by atoms with van der Waals surface area (Å²) in [4.78, 5) is 21.6. The second-order valence-corrected chi connectivity index (χ2v) is 9.04. The molecule has 0 radical (unpaired) electrons. The Bertz CT molecular complexity index is 969. The van der Waals surface area contributed by atoms with Crippen LogP contribution in [-0.2, 0) is 9.84 Å². The Kier molecular flexibility index (Phi) is 6.98. The Balaban J connectivity index is 1.82. The molecule has 1 aromatic heterocycles. The van der Waals surface area contributed by atoms with E-state index >= 15 is 0 Å². The number of carbonyl (C=O) groups excluding carboxylic acids is 1. The second kappa shape index (κ2) is 9.65. The molecule has 0 saturated heterocycles. The average molecular weight is 416 g/mol. The summed E-state index contributed by atoms with van der Waals surface area (Å²) >= 11 is 0. The van der Waals surface area contributed by atoms with E-state index in [2.05, 4.69) is 15.3 Å². The van der Waals surface area contributed by atoms with Gasteiger partial charge in [-0.25, -0.2) is 13.4 Å². The quantitative estimate of drug-likeness (QED) is 0.742. The molecule has 1 amide bonds. The van der Waals surface area contributed by atoms with Crippen LogP contribution in [0.1, 0.15) is 54.2 Å². The Morgan fingerprint density at radius 2 is 1.93 bits per heavy atom. The predicted octanol–water partition coefficient (Wildman–Crippen LogP) is 3.60. The van der Waals surface area contributed by atoms with Gasteiger partial charge in [0.05, 0.1) is 0 Å². The number of ether oxygens (including phenoxy) is 1. The van der Waals surface area contributed by atoms with Gasteiger partial charge in [0, 0.05) is 30.3 Å². The number of nitrogens with one attached hydrogen (secondary N) is 1. The molecule has 0 aliphatic heterocycles. The van der Waals surface area contributed by atoms with Crippen LogP contribution in [0.25, 0.3) is 0 Å². The highest BCUT2D eigenvalue weighted by molar-refractivity contribution is 7.93. The molecule has 1 fully saturated rings. The molecule has 1 saturated carbocycles. The van der Waals surface area contributed by atoms with Gasteiger partial charge in [0.15, 0.2) is 9.84 Å². The lowest BCUT2D eigenvalue weighted by molar-refractivity contribution is 0.0954. The van der Waals surface area contributed by atoms with Crippen LogP contribution in [0.2, 0.25) is 0 Å². The topological polar surface area (TPSA) is 98.2 Å². The second-order valence-electron chi connectivity index (χ2n) is 7.11. The molecule has 2 aromatic rings. The molecule has 0 spiro atoms. The van der Waals surface area contributed by atoms with Crippen molar-refractivity contribution in [2.75, 3.05) is 12.8 Å². The molecule has 0 unspecified atom stereocenters. The third-order valence-corrected chi connectivity index (χ3v) is 5.36. The summed E-state index contributed by atoms with van der Waals surface area (Å²) in [6.07, 6.45) is 9.56.